The van der Waals surface area contributed by atoms with Crippen molar-refractivity contribution in [1.29, 1.82) is 0 Å². The Kier molecular flexibility index (Phi) is 3.33. The van der Waals surface area contributed by atoms with Gasteiger partial charge in [-0.1, -0.05) is 41.5 Å². The van der Waals surface area contributed by atoms with Crippen molar-refractivity contribution >= 4 is 0 Å². The van der Waals surface area contributed by atoms with Crippen molar-refractivity contribution in [1.82, 2.24) is 10.2 Å². The number of nitrogens with zero attached hydrogens (tertiary/aromatic N) is 1. The van der Waals surface area contributed by atoms with E-state index in [9.17, 15) is 0 Å². The van der Waals surface area contributed by atoms with Crippen LogP contribution in [0.25, 0.3) is 0 Å². The van der Waals surface area contributed by atoms with Gasteiger partial charge in [-0.3, -0.25) is 4.90 Å². The molecule has 1 heterocycles. The molecule has 2 aliphatic rings. The lowest BCUT2D eigenvalue weighted by molar-refractivity contribution is 0.206. The molecule has 17 heavy (non-hydrogen) atoms. The first kappa shape index (κ1) is 13.4. The van der Waals surface area contributed by atoms with Gasteiger partial charge in [0.05, 0.1) is 0 Å². The first-order valence-corrected chi connectivity index (χ1v) is 7.26. The van der Waals surface area contributed by atoms with E-state index in [1.54, 1.807) is 0 Å². The Labute approximate surface area is 107 Å². The van der Waals surface area contributed by atoms with Gasteiger partial charge >= 0.3 is 0 Å². The van der Waals surface area contributed by atoms with Gasteiger partial charge in [0.25, 0.3) is 0 Å². The number of hydrogen-bond acceptors (Lipinski definition) is 2. The van der Waals surface area contributed by atoms with Crippen molar-refractivity contribution in [3.8, 4) is 0 Å². The quantitative estimate of drug-likeness (QED) is 0.796. The molecule has 0 bridgehead atoms. The normalized spacial score (nSPS) is 33.7. The fourth-order valence-corrected chi connectivity index (χ4v) is 3.73. The van der Waals surface area contributed by atoms with Crippen molar-refractivity contribution in [2.75, 3.05) is 19.6 Å². The van der Waals surface area contributed by atoms with Crippen LogP contribution < -0.4 is 5.32 Å². The standard InChI is InChI=1S/C15H30N2/c1-11(2)12-10-17(9-7-8-16-12)13-14(3,4)15(13,5)6/h11-13,16H,7-10H2,1-6H3. The van der Waals surface area contributed by atoms with Crippen molar-refractivity contribution in [2.45, 2.75) is 60.0 Å². The lowest BCUT2D eigenvalue weighted by Gasteiger charge is -2.28. The molecule has 1 unspecified atom stereocenters. The van der Waals surface area contributed by atoms with E-state index in [4.69, 9.17) is 0 Å². The third-order valence-electron chi connectivity index (χ3n) is 5.57. The zero-order chi connectivity index (χ0) is 12.8. The molecule has 0 aromatic carbocycles. The predicted octanol–water partition coefficient (Wildman–Crippen LogP) is 2.74. The number of nitrogens with one attached hydrogen (secondary N) is 1. The van der Waals surface area contributed by atoms with Crippen LogP contribution in [0.4, 0.5) is 0 Å². The molecule has 0 spiro atoms. The van der Waals surface area contributed by atoms with Gasteiger partial charge in [0.2, 0.25) is 0 Å². The highest BCUT2D eigenvalue weighted by atomic mass is 15.3. The highest BCUT2D eigenvalue weighted by Gasteiger charge is 2.66. The first-order valence-electron chi connectivity index (χ1n) is 7.26. The summed E-state index contributed by atoms with van der Waals surface area (Å²) >= 11 is 0. The Balaban J connectivity index is 2.06. The van der Waals surface area contributed by atoms with Crippen LogP contribution in [0.2, 0.25) is 0 Å². The van der Waals surface area contributed by atoms with Crippen LogP contribution in [-0.2, 0) is 0 Å². The van der Waals surface area contributed by atoms with Gasteiger partial charge in [0.1, 0.15) is 0 Å². The van der Waals surface area contributed by atoms with Crippen LogP contribution >= 0.6 is 0 Å². The summed E-state index contributed by atoms with van der Waals surface area (Å²) in [7, 11) is 0. The zero-order valence-electron chi connectivity index (χ0n) is 12.5. The highest BCUT2D eigenvalue weighted by molar-refractivity contribution is 5.18. The van der Waals surface area contributed by atoms with Gasteiger partial charge in [-0.15, -0.1) is 0 Å². The molecule has 1 atom stereocenters. The Bertz CT molecular complexity index is 267. The van der Waals surface area contributed by atoms with Crippen LogP contribution in [0.15, 0.2) is 0 Å². The monoisotopic (exact) mass is 238 g/mol. The predicted molar refractivity (Wildman–Crippen MR) is 74.2 cm³/mol. The Morgan fingerprint density at radius 3 is 2.18 bits per heavy atom. The maximum atomic E-state index is 3.71. The van der Waals surface area contributed by atoms with Gasteiger partial charge < -0.3 is 5.32 Å². The summed E-state index contributed by atoms with van der Waals surface area (Å²) in [4.78, 5) is 2.75. The minimum Gasteiger partial charge on any atom is -0.312 e. The summed E-state index contributed by atoms with van der Waals surface area (Å²) in [5.41, 5.74) is 0.970. The molecule has 100 valence electrons. The second-order valence-corrected chi connectivity index (χ2v) is 7.50. The van der Waals surface area contributed by atoms with Crippen LogP contribution in [0.1, 0.15) is 48.0 Å². The number of hydrogen-bond donors (Lipinski definition) is 1. The van der Waals surface area contributed by atoms with Crippen LogP contribution in [0, 0.1) is 16.7 Å². The Morgan fingerprint density at radius 1 is 1.12 bits per heavy atom. The molecule has 2 fully saturated rings. The molecule has 0 aromatic heterocycles. The van der Waals surface area contributed by atoms with Gasteiger partial charge in [-0.2, -0.15) is 0 Å². The second-order valence-electron chi connectivity index (χ2n) is 7.50. The maximum absolute atomic E-state index is 3.71. The third-order valence-corrected chi connectivity index (χ3v) is 5.57. The van der Waals surface area contributed by atoms with Gasteiger partial charge in [-0.05, 0) is 36.3 Å². The first-order chi connectivity index (χ1) is 7.78. The SMILES string of the molecule is CC(C)C1CN(C2C(C)(C)C2(C)C)CCCN1. The van der Waals surface area contributed by atoms with E-state index in [0.29, 0.717) is 16.9 Å². The Hall–Kier alpha value is -0.0800. The van der Waals surface area contributed by atoms with Gasteiger partial charge in [0.15, 0.2) is 0 Å². The summed E-state index contributed by atoms with van der Waals surface area (Å²) in [5.74, 6) is 0.737. The summed E-state index contributed by atoms with van der Waals surface area (Å²) in [6.45, 7) is 18.1. The minimum absolute atomic E-state index is 0.485. The van der Waals surface area contributed by atoms with E-state index in [0.717, 1.165) is 12.0 Å². The largest absolute Gasteiger partial charge is 0.312 e. The zero-order valence-corrected chi connectivity index (χ0v) is 12.5. The van der Waals surface area contributed by atoms with E-state index >= 15 is 0 Å². The highest BCUT2D eigenvalue weighted by Crippen LogP contribution is 2.65. The molecule has 0 aromatic rings. The van der Waals surface area contributed by atoms with E-state index in [1.807, 2.05) is 0 Å². The van der Waals surface area contributed by atoms with Crippen molar-refractivity contribution < 1.29 is 0 Å². The van der Waals surface area contributed by atoms with E-state index < -0.39 is 0 Å². The summed E-state index contributed by atoms with van der Waals surface area (Å²) in [5, 5.41) is 3.71. The molecular weight excluding hydrogens is 208 g/mol. The van der Waals surface area contributed by atoms with E-state index in [1.165, 1.54) is 26.1 Å². The average Bonchev–Trinajstić information content (AvgIpc) is 2.72. The van der Waals surface area contributed by atoms with Gasteiger partial charge in [-0.25, -0.2) is 0 Å². The minimum atomic E-state index is 0.485. The van der Waals surface area contributed by atoms with Crippen LogP contribution in [0.3, 0.4) is 0 Å². The second kappa shape index (κ2) is 4.24. The lowest BCUT2D eigenvalue weighted by atomic mass is 10.0. The molecule has 0 radical (unpaired) electrons. The fraction of sp³-hybridized carbons (Fsp3) is 1.00. The molecule has 1 saturated heterocycles. The van der Waals surface area contributed by atoms with Crippen LogP contribution in [-0.4, -0.2) is 36.6 Å². The average molecular weight is 238 g/mol. The lowest BCUT2D eigenvalue weighted by Crippen LogP contribution is -2.43. The molecule has 1 N–H and O–H groups in total. The maximum Gasteiger partial charge on any atom is 0.0218 e. The molecule has 2 rings (SSSR count). The van der Waals surface area contributed by atoms with Gasteiger partial charge in [0, 0.05) is 18.6 Å². The summed E-state index contributed by atoms with van der Waals surface area (Å²) < 4.78 is 0. The Morgan fingerprint density at radius 2 is 1.71 bits per heavy atom. The van der Waals surface area contributed by atoms with Crippen molar-refractivity contribution in [3.05, 3.63) is 0 Å². The van der Waals surface area contributed by atoms with Crippen LogP contribution in [0.5, 0.6) is 0 Å². The molecule has 1 saturated carbocycles. The summed E-state index contributed by atoms with van der Waals surface area (Å²) in [6, 6.07) is 1.45. The van der Waals surface area contributed by atoms with E-state index in [-0.39, 0.29) is 0 Å². The van der Waals surface area contributed by atoms with Crippen molar-refractivity contribution in [2.24, 2.45) is 16.7 Å². The molecule has 1 aliphatic heterocycles. The fourth-order valence-electron chi connectivity index (χ4n) is 3.73. The molecule has 2 nitrogen and oxygen atoms in total. The smallest absolute Gasteiger partial charge is 0.0218 e. The molecule has 0 amide bonds. The third kappa shape index (κ3) is 2.15. The number of rotatable bonds is 2. The molecule has 1 aliphatic carbocycles. The molecule has 2 heteroatoms. The van der Waals surface area contributed by atoms with E-state index in [2.05, 4.69) is 51.8 Å². The summed E-state index contributed by atoms with van der Waals surface area (Å²) in [6.07, 6.45) is 1.30. The van der Waals surface area contributed by atoms with Crippen molar-refractivity contribution in [3.63, 3.8) is 0 Å². The molecular formula is C15H30N2. The topological polar surface area (TPSA) is 15.3 Å².